The van der Waals surface area contributed by atoms with Gasteiger partial charge in [0.15, 0.2) is 0 Å². The molecule has 3 rings (SSSR count). The molecule has 3 saturated carbocycles. The monoisotopic (exact) mass is 202 g/mol. The second kappa shape index (κ2) is 3.28. The zero-order valence-corrected chi connectivity index (χ0v) is 10.1. The van der Waals surface area contributed by atoms with Gasteiger partial charge in [0.2, 0.25) is 0 Å². The van der Waals surface area contributed by atoms with Crippen LogP contribution in [0.15, 0.2) is 0 Å². The predicted octanol–water partition coefficient (Wildman–Crippen LogP) is 3.96. The number of hydrogen-bond acceptors (Lipinski definition) is 0. The zero-order valence-electron chi connectivity index (χ0n) is 10.1. The molecule has 0 bridgehead atoms. The summed E-state index contributed by atoms with van der Waals surface area (Å²) in [5, 5.41) is 0. The first-order valence-corrected chi connectivity index (χ1v) is 6.99. The van der Waals surface area contributed by atoms with Crippen molar-refractivity contribution < 1.29 is 0 Å². The Kier molecular flexibility index (Phi) is 2.24. The van der Waals surface area contributed by atoms with Crippen molar-refractivity contribution in [2.75, 3.05) is 0 Å². The molecule has 0 aliphatic heterocycles. The maximum absolute atomic E-state index is 6.10. The third-order valence-corrected chi connectivity index (χ3v) is 6.17. The maximum atomic E-state index is 6.10. The summed E-state index contributed by atoms with van der Waals surface area (Å²) in [7, 11) is 6.10. The number of fused-ring (bicyclic) bond motifs is 1. The van der Waals surface area contributed by atoms with Gasteiger partial charge in [0.05, 0.1) is 7.85 Å². The van der Waals surface area contributed by atoms with Gasteiger partial charge >= 0.3 is 0 Å². The lowest BCUT2D eigenvalue weighted by molar-refractivity contribution is 0.146. The van der Waals surface area contributed by atoms with Crippen molar-refractivity contribution in [2.45, 2.75) is 64.6 Å². The van der Waals surface area contributed by atoms with Crippen molar-refractivity contribution in [3.8, 4) is 0 Å². The van der Waals surface area contributed by atoms with Gasteiger partial charge in [-0.2, -0.15) is 0 Å². The molecular weight excluding hydrogens is 179 g/mol. The first kappa shape index (κ1) is 10.2. The van der Waals surface area contributed by atoms with E-state index in [0.29, 0.717) is 5.41 Å². The largest absolute Gasteiger partial charge is 0.0826 e. The Morgan fingerprint density at radius 3 is 2.67 bits per heavy atom. The molecule has 0 aromatic rings. The molecule has 2 radical (unpaired) electrons. The molecule has 0 nitrogen and oxygen atoms in total. The lowest BCUT2D eigenvalue weighted by Gasteiger charge is -2.37. The van der Waals surface area contributed by atoms with Crippen molar-refractivity contribution in [3.05, 3.63) is 0 Å². The molecule has 0 spiro atoms. The van der Waals surface area contributed by atoms with Crippen molar-refractivity contribution in [3.63, 3.8) is 0 Å². The molecule has 1 heteroatoms. The van der Waals surface area contributed by atoms with Crippen LogP contribution in [0.4, 0.5) is 0 Å². The summed E-state index contributed by atoms with van der Waals surface area (Å²) in [5.74, 6) is 2.06. The quantitative estimate of drug-likeness (QED) is 0.594. The summed E-state index contributed by atoms with van der Waals surface area (Å²) < 4.78 is 0. The summed E-state index contributed by atoms with van der Waals surface area (Å²) in [6.45, 7) is 2.42. The molecular formula is C14H23B. The second-order valence-electron chi connectivity index (χ2n) is 6.34. The Morgan fingerprint density at radius 2 is 1.93 bits per heavy atom. The van der Waals surface area contributed by atoms with Crippen LogP contribution >= 0.6 is 0 Å². The maximum Gasteiger partial charge on any atom is 0.0660 e. The van der Waals surface area contributed by atoms with Crippen molar-refractivity contribution >= 4 is 7.85 Å². The molecule has 0 amide bonds. The molecule has 3 aliphatic rings. The molecule has 0 heterocycles. The van der Waals surface area contributed by atoms with Crippen LogP contribution in [-0.4, -0.2) is 7.85 Å². The third-order valence-electron chi connectivity index (χ3n) is 6.17. The Morgan fingerprint density at radius 1 is 1.13 bits per heavy atom. The van der Waals surface area contributed by atoms with Crippen LogP contribution in [0.25, 0.3) is 0 Å². The Balaban J connectivity index is 1.90. The fourth-order valence-corrected chi connectivity index (χ4v) is 5.35. The molecule has 3 aliphatic carbocycles. The van der Waals surface area contributed by atoms with Crippen LogP contribution in [0.1, 0.15) is 58.3 Å². The highest BCUT2D eigenvalue weighted by atomic mass is 14.8. The molecule has 4 unspecified atom stereocenters. The first-order valence-electron chi connectivity index (χ1n) is 6.99. The van der Waals surface area contributed by atoms with Gasteiger partial charge in [-0.1, -0.05) is 38.9 Å². The van der Waals surface area contributed by atoms with E-state index in [1.54, 1.807) is 0 Å². The van der Waals surface area contributed by atoms with Gasteiger partial charge in [0.25, 0.3) is 0 Å². The van der Waals surface area contributed by atoms with E-state index in [9.17, 15) is 0 Å². The number of rotatable bonds is 2. The van der Waals surface area contributed by atoms with Crippen molar-refractivity contribution in [1.29, 1.82) is 0 Å². The average molecular weight is 202 g/mol. The van der Waals surface area contributed by atoms with Crippen molar-refractivity contribution in [1.82, 2.24) is 0 Å². The van der Waals surface area contributed by atoms with E-state index in [1.165, 1.54) is 51.4 Å². The van der Waals surface area contributed by atoms with E-state index in [2.05, 4.69) is 6.92 Å². The summed E-state index contributed by atoms with van der Waals surface area (Å²) in [6, 6.07) is 0. The minimum atomic E-state index is 0.620. The summed E-state index contributed by atoms with van der Waals surface area (Å²) in [5.41, 5.74) is 1.35. The van der Waals surface area contributed by atoms with Gasteiger partial charge in [-0.05, 0) is 48.3 Å². The Hall–Kier alpha value is 0.0649. The van der Waals surface area contributed by atoms with Gasteiger partial charge in [-0.25, -0.2) is 0 Å². The highest BCUT2D eigenvalue weighted by Crippen LogP contribution is 2.79. The van der Waals surface area contributed by atoms with E-state index in [1.807, 2.05) is 0 Å². The molecule has 0 N–H and O–H groups in total. The first-order chi connectivity index (χ1) is 7.29. The Labute approximate surface area is 95.6 Å². The molecule has 4 atom stereocenters. The molecule has 0 aromatic carbocycles. The van der Waals surface area contributed by atoms with Crippen LogP contribution in [0.3, 0.4) is 0 Å². The van der Waals surface area contributed by atoms with E-state index < -0.39 is 0 Å². The minimum Gasteiger partial charge on any atom is -0.0826 e. The normalized spacial score (nSPS) is 53.1. The highest BCUT2D eigenvalue weighted by Gasteiger charge is 2.71. The second-order valence-corrected chi connectivity index (χ2v) is 6.34. The number of hydrogen-bond donors (Lipinski definition) is 0. The van der Waals surface area contributed by atoms with Gasteiger partial charge in [0.1, 0.15) is 0 Å². The fraction of sp³-hybridized carbons (Fsp3) is 1.00. The topological polar surface area (TPSA) is 0 Å². The SMILES string of the molecule is [B]CC12CCCCCC3(CC)CCC1C32. The summed E-state index contributed by atoms with van der Waals surface area (Å²) >= 11 is 0. The average Bonchev–Trinajstić information content (AvgIpc) is 2.72. The lowest BCUT2D eigenvalue weighted by Crippen LogP contribution is -2.27. The fourth-order valence-electron chi connectivity index (χ4n) is 5.35. The lowest BCUT2D eigenvalue weighted by atomic mass is 9.66. The van der Waals surface area contributed by atoms with Crippen LogP contribution in [0, 0.1) is 22.7 Å². The highest BCUT2D eigenvalue weighted by molar-refractivity contribution is 6.09. The third kappa shape index (κ3) is 1.16. The molecule has 0 saturated heterocycles. The van der Waals surface area contributed by atoms with E-state index in [4.69, 9.17) is 7.85 Å². The molecule has 3 fully saturated rings. The smallest absolute Gasteiger partial charge is 0.0660 e. The van der Waals surface area contributed by atoms with Crippen LogP contribution < -0.4 is 0 Å². The molecule has 0 aromatic heterocycles. The van der Waals surface area contributed by atoms with Crippen LogP contribution in [0.5, 0.6) is 0 Å². The Bertz CT molecular complexity index is 262. The zero-order chi connectivity index (χ0) is 10.5. The van der Waals surface area contributed by atoms with E-state index in [0.717, 1.165) is 23.6 Å². The van der Waals surface area contributed by atoms with Gasteiger partial charge in [-0.3, -0.25) is 0 Å². The minimum absolute atomic E-state index is 0.620. The van der Waals surface area contributed by atoms with E-state index >= 15 is 0 Å². The van der Waals surface area contributed by atoms with E-state index in [-0.39, 0.29) is 0 Å². The van der Waals surface area contributed by atoms with Crippen molar-refractivity contribution in [2.24, 2.45) is 22.7 Å². The standard InChI is InChI=1S/C14H23B/c1-2-13-7-4-3-5-8-14(10-15)11(6-9-13)12(13)14/h11-12H,2-10H2,1H3. The van der Waals surface area contributed by atoms with Crippen LogP contribution in [0.2, 0.25) is 6.32 Å². The molecule has 15 heavy (non-hydrogen) atoms. The predicted molar refractivity (Wildman–Crippen MR) is 65.0 cm³/mol. The van der Waals surface area contributed by atoms with Gasteiger partial charge in [0, 0.05) is 0 Å². The summed E-state index contributed by atoms with van der Waals surface area (Å²) in [4.78, 5) is 0. The molecule has 82 valence electrons. The van der Waals surface area contributed by atoms with Gasteiger partial charge < -0.3 is 0 Å². The van der Waals surface area contributed by atoms with Gasteiger partial charge in [-0.15, -0.1) is 0 Å². The van der Waals surface area contributed by atoms with Crippen LogP contribution in [-0.2, 0) is 0 Å². The summed E-state index contributed by atoms with van der Waals surface area (Å²) in [6.07, 6.45) is 12.7.